The van der Waals surface area contributed by atoms with Crippen LogP contribution in [0.4, 0.5) is 0 Å². The number of aliphatic hydroxyl groups is 2. The van der Waals surface area contributed by atoms with Gasteiger partial charge in [0.05, 0.1) is 25.7 Å². The van der Waals surface area contributed by atoms with Crippen molar-refractivity contribution in [2.24, 2.45) is 0 Å². The van der Waals surface area contributed by atoms with Crippen molar-refractivity contribution in [2.75, 3.05) is 72.0 Å². The van der Waals surface area contributed by atoms with Gasteiger partial charge < -0.3 is 29.9 Å². The third kappa shape index (κ3) is 18.0. The number of rotatable bonds is 22. The molecule has 0 aromatic carbocycles. The van der Waals surface area contributed by atoms with E-state index in [2.05, 4.69) is 5.32 Å². The van der Waals surface area contributed by atoms with E-state index >= 15 is 0 Å². The summed E-state index contributed by atoms with van der Waals surface area (Å²) in [5.41, 5.74) is 0. The second kappa shape index (κ2) is 21.8. The lowest BCUT2D eigenvalue weighted by atomic mass is 10.1. The van der Waals surface area contributed by atoms with Crippen molar-refractivity contribution < 1.29 is 34.1 Å². The highest BCUT2D eigenvalue weighted by molar-refractivity contribution is 8.77. The first-order valence-corrected chi connectivity index (χ1v) is 15.8. The zero-order chi connectivity index (χ0) is 27.3. The number of unbranched alkanes of at least 4 members (excludes halogenated alkanes) is 1. The SMILES string of the molecule is CCCC(=O)OCC(COC(=O)CCN(CCO)CCN(C)CCO)NC(=O)CCCCC1CCSS1. The first-order valence-electron chi connectivity index (χ1n) is 13.4. The highest BCUT2D eigenvalue weighted by Gasteiger charge is 2.19. The minimum absolute atomic E-state index is 0.0194. The number of carbonyl (C=O) groups is 3. The van der Waals surface area contributed by atoms with Crippen LogP contribution in [0.5, 0.6) is 0 Å². The topological polar surface area (TPSA) is 129 Å². The van der Waals surface area contributed by atoms with E-state index in [4.69, 9.17) is 14.6 Å². The van der Waals surface area contributed by atoms with Crippen molar-refractivity contribution in [1.29, 1.82) is 0 Å². The summed E-state index contributed by atoms with van der Waals surface area (Å²) in [7, 11) is 5.76. The Morgan fingerprint density at radius 1 is 0.946 bits per heavy atom. The third-order valence-corrected chi connectivity index (χ3v) is 8.95. The number of ether oxygens (including phenoxy) is 2. The van der Waals surface area contributed by atoms with Crippen LogP contribution in [-0.4, -0.2) is 121 Å². The maximum atomic E-state index is 12.5. The molecule has 1 rings (SSSR count). The molecule has 0 radical (unpaired) electrons. The minimum atomic E-state index is -0.597. The molecule has 1 amide bonds. The van der Waals surface area contributed by atoms with Gasteiger partial charge in [0.1, 0.15) is 13.2 Å². The summed E-state index contributed by atoms with van der Waals surface area (Å²) in [6, 6.07) is -0.597. The zero-order valence-corrected chi connectivity index (χ0v) is 24.2. The summed E-state index contributed by atoms with van der Waals surface area (Å²) in [6.45, 7) is 4.60. The summed E-state index contributed by atoms with van der Waals surface area (Å²) in [5, 5.41) is 21.9. The van der Waals surface area contributed by atoms with Gasteiger partial charge in [0.25, 0.3) is 0 Å². The molecule has 0 aromatic heterocycles. The molecule has 0 spiro atoms. The van der Waals surface area contributed by atoms with Gasteiger partial charge in [-0.25, -0.2) is 0 Å². The maximum Gasteiger partial charge on any atom is 0.307 e. The number of nitrogens with one attached hydrogen (secondary N) is 1. The van der Waals surface area contributed by atoms with E-state index in [9.17, 15) is 19.5 Å². The van der Waals surface area contributed by atoms with E-state index in [-0.39, 0.29) is 44.7 Å². The first-order chi connectivity index (χ1) is 17.9. The fourth-order valence-electron chi connectivity index (χ4n) is 3.71. The van der Waals surface area contributed by atoms with E-state index < -0.39 is 12.0 Å². The van der Waals surface area contributed by atoms with Gasteiger partial charge in [0.2, 0.25) is 5.91 Å². The second-order valence-electron chi connectivity index (χ2n) is 9.30. The molecule has 1 aliphatic rings. The molecule has 1 aliphatic heterocycles. The fourth-order valence-corrected chi connectivity index (χ4v) is 6.74. The van der Waals surface area contributed by atoms with Crippen LogP contribution in [0.2, 0.25) is 0 Å². The predicted octanol–water partition coefficient (Wildman–Crippen LogP) is 1.68. The number of carbonyl (C=O) groups excluding carboxylic acids is 3. The quantitative estimate of drug-likeness (QED) is 0.101. The summed E-state index contributed by atoms with van der Waals surface area (Å²) < 4.78 is 10.7. The van der Waals surface area contributed by atoms with Gasteiger partial charge in [0.15, 0.2) is 0 Å². The van der Waals surface area contributed by atoms with Crippen LogP contribution in [0.15, 0.2) is 0 Å². The van der Waals surface area contributed by atoms with Gasteiger partial charge in [-0.3, -0.25) is 19.3 Å². The Hall–Kier alpha value is -1.05. The molecule has 2 unspecified atom stereocenters. The standard InChI is InChI=1S/C25H47N3O7S2/c1-3-6-24(32)34-19-21(26-23(31)8-5-4-7-22-10-18-36-37-22)20-35-25(33)9-11-28(15-17-30)13-12-27(2)14-16-29/h21-22,29-30H,3-20H2,1-2H3,(H,26,31). The minimum Gasteiger partial charge on any atom is -0.463 e. The van der Waals surface area contributed by atoms with E-state index in [1.54, 1.807) is 0 Å². The molecule has 37 heavy (non-hydrogen) atoms. The molecule has 3 N–H and O–H groups in total. The number of hydrogen-bond donors (Lipinski definition) is 3. The van der Waals surface area contributed by atoms with Gasteiger partial charge >= 0.3 is 11.9 Å². The molecule has 0 saturated carbocycles. The average molecular weight is 566 g/mol. The first kappa shape index (κ1) is 34.0. The zero-order valence-electron chi connectivity index (χ0n) is 22.5. The number of amides is 1. The monoisotopic (exact) mass is 565 g/mol. The molecule has 0 aliphatic carbocycles. The lowest BCUT2D eigenvalue weighted by Crippen LogP contribution is -2.42. The normalized spacial score (nSPS) is 16.2. The molecule has 0 bridgehead atoms. The van der Waals surface area contributed by atoms with Crippen LogP contribution in [-0.2, 0) is 23.9 Å². The predicted molar refractivity (Wildman–Crippen MR) is 148 cm³/mol. The molecule has 10 nitrogen and oxygen atoms in total. The van der Waals surface area contributed by atoms with Crippen molar-refractivity contribution >= 4 is 39.4 Å². The third-order valence-electron chi connectivity index (χ3n) is 5.95. The van der Waals surface area contributed by atoms with E-state index in [1.807, 2.05) is 45.4 Å². The molecule has 2 atom stereocenters. The molecule has 1 fully saturated rings. The Morgan fingerprint density at radius 2 is 1.65 bits per heavy atom. The van der Waals surface area contributed by atoms with Crippen molar-refractivity contribution in [3.8, 4) is 0 Å². The maximum absolute atomic E-state index is 12.5. The van der Waals surface area contributed by atoms with Gasteiger partial charge in [0, 0.05) is 56.6 Å². The Balaban J connectivity index is 2.43. The van der Waals surface area contributed by atoms with E-state index in [1.165, 1.54) is 12.2 Å². The molecule has 216 valence electrons. The Bertz CT molecular complexity index is 639. The average Bonchev–Trinajstić information content (AvgIpc) is 3.39. The number of nitrogens with zero attached hydrogens (tertiary/aromatic N) is 2. The lowest BCUT2D eigenvalue weighted by Gasteiger charge is -2.24. The number of hydrogen-bond acceptors (Lipinski definition) is 11. The molecular formula is C25H47N3O7S2. The highest BCUT2D eigenvalue weighted by Crippen LogP contribution is 2.39. The van der Waals surface area contributed by atoms with Crippen LogP contribution in [0.25, 0.3) is 0 Å². The van der Waals surface area contributed by atoms with Crippen LogP contribution in [0, 0.1) is 0 Å². The number of aliphatic hydroxyl groups excluding tert-OH is 2. The molecule has 0 aromatic rings. The second-order valence-corrected chi connectivity index (χ2v) is 12.1. The van der Waals surface area contributed by atoms with Crippen LogP contribution < -0.4 is 5.32 Å². The summed E-state index contributed by atoms with van der Waals surface area (Å²) >= 11 is 0. The molecule has 1 saturated heterocycles. The number of esters is 2. The molecular weight excluding hydrogens is 518 g/mol. The fraction of sp³-hybridized carbons (Fsp3) is 0.880. The van der Waals surface area contributed by atoms with Gasteiger partial charge in [-0.1, -0.05) is 34.9 Å². The van der Waals surface area contributed by atoms with Crippen molar-refractivity contribution in [1.82, 2.24) is 15.1 Å². The highest BCUT2D eigenvalue weighted by atomic mass is 33.1. The Morgan fingerprint density at radius 3 is 2.27 bits per heavy atom. The van der Waals surface area contributed by atoms with Crippen molar-refractivity contribution in [2.45, 2.75) is 69.6 Å². The van der Waals surface area contributed by atoms with Gasteiger partial charge in [-0.05, 0) is 32.7 Å². The Labute approximate surface area is 230 Å². The van der Waals surface area contributed by atoms with Crippen LogP contribution in [0.1, 0.15) is 58.3 Å². The Kier molecular flexibility index (Phi) is 20.1. The van der Waals surface area contributed by atoms with Crippen LogP contribution in [0.3, 0.4) is 0 Å². The lowest BCUT2D eigenvalue weighted by molar-refractivity contribution is -0.149. The van der Waals surface area contributed by atoms with Crippen molar-refractivity contribution in [3.63, 3.8) is 0 Å². The van der Waals surface area contributed by atoms with Crippen LogP contribution >= 0.6 is 21.6 Å². The van der Waals surface area contributed by atoms with Gasteiger partial charge in [-0.2, -0.15) is 0 Å². The molecule has 12 heteroatoms. The number of likely N-dealkylation sites (N-methyl/N-ethyl adjacent to an activating group) is 1. The van der Waals surface area contributed by atoms with Gasteiger partial charge in [-0.15, -0.1) is 0 Å². The van der Waals surface area contributed by atoms with Crippen molar-refractivity contribution in [3.05, 3.63) is 0 Å². The van der Waals surface area contributed by atoms with E-state index in [0.717, 1.165) is 19.3 Å². The summed E-state index contributed by atoms with van der Waals surface area (Å²) in [6.07, 6.45) is 5.63. The molecule has 1 heterocycles. The summed E-state index contributed by atoms with van der Waals surface area (Å²) in [4.78, 5) is 40.6. The summed E-state index contributed by atoms with van der Waals surface area (Å²) in [5.74, 6) is 0.305. The van der Waals surface area contributed by atoms with E-state index in [0.29, 0.717) is 57.2 Å². The smallest absolute Gasteiger partial charge is 0.307 e. The largest absolute Gasteiger partial charge is 0.463 e.